The predicted octanol–water partition coefficient (Wildman–Crippen LogP) is 3.53. The Hall–Kier alpha value is -2.69. The number of aryl methyl sites for hydroxylation is 1. The van der Waals surface area contributed by atoms with Crippen LogP contribution < -0.4 is 0 Å². The molecule has 124 valence electrons. The van der Waals surface area contributed by atoms with Gasteiger partial charge in [0.15, 0.2) is 0 Å². The molecule has 0 unspecified atom stereocenters. The maximum absolute atomic E-state index is 11.1. The molecular formula is C19H21N3O2. The molecule has 3 rings (SSSR count). The zero-order valence-corrected chi connectivity index (χ0v) is 14.2. The highest BCUT2D eigenvalue weighted by molar-refractivity contribution is 5.85. The van der Waals surface area contributed by atoms with Gasteiger partial charge in [0.25, 0.3) is 0 Å². The molecule has 0 saturated heterocycles. The van der Waals surface area contributed by atoms with Crippen LogP contribution in [0.15, 0.2) is 36.5 Å². The first-order chi connectivity index (χ1) is 11.4. The zero-order valence-electron chi connectivity index (χ0n) is 14.2. The van der Waals surface area contributed by atoms with Gasteiger partial charge in [-0.3, -0.25) is 0 Å². The summed E-state index contributed by atoms with van der Waals surface area (Å²) in [6.45, 7) is 6.38. The van der Waals surface area contributed by atoms with Crippen molar-refractivity contribution < 1.29 is 9.90 Å². The Morgan fingerprint density at radius 2 is 2.04 bits per heavy atom. The lowest BCUT2D eigenvalue weighted by Crippen LogP contribution is -2.04. The second-order valence-electron chi connectivity index (χ2n) is 6.56. The molecule has 0 aromatic carbocycles. The van der Waals surface area contributed by atoms with Crippen molar-refractivity contribution in [1.82, 2.24) is 14.6 Å². The van der Waals surface area contributed by atoms with E-state index in [2.05, 4.69) is 31.0 Å². The predicted molar refractivity (Wildman–Crippen MR) is 92.5 cm³/mol. The number of nitrogens with zero attached hydrogens (tertiary/aromatic N) is 3. The molecular weight excluding hydrogens is 302 g/mol. The maximum Gasteiger partial charge on any atom is 0.354 e. The quantitative estimate of drug-likeness (QED) is 0.780. The van der Waals surface area contributed by atoms with Gasteiger partial charge in [-0.15, -0.1) is 0 Å². The third kappa shape index (κ3) is 3.30. The molecule has 24 heavy (non-hydrogen) atoms. The van der Waals surface area contributed by atoms with E-state index in [1.54, 1.807) is 6.07 Å². The van der Waals surface area contributed by atoms with Gasteiger partial charge in [0.05, 0.1) is 11.2 Å². The van der Waals surface area contributed by atoms with Crippen LogP contribution in [-0.4, -0.2) is 25.7 Å². The average molecular weight is 323 g/mol. The summed E-state index contributed by atoms with van der Waals surface area (Å²) in [6, 6.07) is 9.26. The number of rotatable bonds is 5. The monoisotopic (exact) mass is 323 g/mol. The standard InChI is InChI=1S/C19H21N3O2/c1-12(2)9-17-15(18-8-7-13(3)11-22(18)21-17)10-14-5-4-6-16(20-14)19(23)24/h4-8,11-12H,9-10H2,1-3H3,(H,23,24). The number of fused-ring (bicyclic) bond motifs is 1. The van der Waals surface area contributed by atoms with Gasteiger partial charge >= 0.3 is 5.97 Å². The Morgan fingerprint density at radius 1 is 1.25 bits per heavy atom. The van der Waals surface area contributed by atoms with Crippen LogP contribution in [0.5, 0.6) is 0 Å². The lowest BCUT2D eigenvalue weighted by Gasteiger charge is -2.06. The molecule has 0 aliphatic heterocycles. The van der Waals surface area contributed by atoms with Crippen molar-refractivity contribution in [2.45, 2.75) is 33.6 Å². The molecule has 3 heterocycles. The van der Waals surface area contributed by atoms with E-state index in [1.165, 1.54) is 6.07 Å². The number of carboxylic acid groups (broad SMARTS) is 1. The highest BCUT2D eigenvalue weighted by Gasteiger charge is 2.16. The second kappa shape index (κ2) is 6.43. The summed E-state index contributed by atoms with van der Waals surface area (Å²) in [5, 5.41) is 13.9. The van der Waals surface area contributed by atoms with Gasteiger partial charge in [0.1, 0.15) is 5.69 Å². The number of aromatic carboxylic acids is 1. The van der Waals surface area contributed by atoms with E-state index in [0.717, 1.165) is 34.5 Å². The Morgan fingerprint density at radius 3 is 2.75 bits per heavy atom. The van der Waals surface area contributed by atoms with Gasteiger partial charge in [-0.1, -0.05) is 26.0 Å². The fourth-order valence-corrected chi connectivity index (χ4v) is 2.87. The van der Waals surface area contributed by atoms with Gasteiger partial charge in [-0.25, -0.2) is 14.3 Å². The first-order valence-electron chi connectivity index (χ1n) is 8.10. The Labute approximate surface area is 141 Å². The van der Waals surface area contributed by atoms with Gasteiger partial charge in [0, 0.05) is 23.9 Å². The smallest absolute Gasteiger partial charge is 0.354 e. The van der Waals surface area contributed by atoms with Gasteiger partial charge in [-0.05, 0) is 43.0 Å². The van der Waals surface area contributed by atoms with Gasteiger partial charge < -0.3 is 5.11 Å². The highest BCUT2D eigenvalue weighted by Crippen LogP contribution is 2.22. The maximum atomic E-state index is 11.1. The van der Waals surface area contributed by atoms with Crippen molar-refractivity contribution in [1.29, 1.82) is 0 Å². The number of hydrogen-bond acceptors (Lipinski definition) is 3. The topological polar surface area (TPSA) is 67.5 Å². The summed E-state index contributed by atoms with van der Waals surface area (Å²) in [5.74, 6) is -0.511. The molecule has 0 saturated carbocycles. The Bertz CT molecular complexity index is 897. The molecule has 0 bridgehead atoms. The van der Waals surface area contributed by atoms with Crippen LogP contribution in [0, 0.1) is 12.8 Å². The van der Waals surface area contributed by atoms with E-state index in [0.29, 0.717) is 12.3 Å². The average Bonchev–Trinajstić information content (AvgIpc) is 2.83. The Balaban J connectivity index is 2.06. The van der Waals surface area contributed by atoms with Crippen LogP contribution in [0.2, 0.25) is 0 Å². The van der Waals surface area contributed by atoms with Crippen molar-refractivity contribution >= 4 is 11.5 Å². The molecule has 1 N–H and O–H groups in total. The summed E-state index contributed by atoms with van der Waals surface area (Å²) >= 11 is 0. The number of aromatic nitrogens is 3. The molecule has 0 amide bonds. The minimum atomic E-state index is -1.00. The van der Waals surface area contributed by atoms with Crippen molar-refractivity contribution in [3.05, 3.63) is 64.7 Å². The third-order valence-electron chi connectivity index (χ3n) is 3.95. The Kier molecular flexibility index (Phi) is 4.34. The summed E-state index contributed by atoms with van der Waals surface area (Å²) < 4.78 is 1.92. The second-order valence-corrected chi connectivity index (χ2v) is 6.56. The van der Waals surface area contributed by atoms with E-state index < -0.39 is 5.97 Å². The highest BCUT2D eigenvalue weighted by atomic mass is 16.4. The lowest BCUT2D eigenvalue weighted by atomic mass is 10.0. The molecule has 0 fully saturated rings. The molecule has 5 heteroatoms. The number of carboxylic acids is 1. The third-order valence-corrected chi connectivity index (χ3v) is 3.95. The van der Waals surface area contributed by atoms with E-state index in [-0.39, 0.29) is 5.69 Å². The van der Waals surface area contributed by atoms with Crippen LogP contribution in [0.25, 0.3) is 5.52 Å². The van der Waals surface area contributed by atoms with Gasteiger partial charge in [0.2, 0.25) is 0 Å². The number of hydrogen-bond donors (Lipinski definition) is 1. The van der Waals surface area contributed by atoms with E-state index in [4.69, 9.17) is 10.2 Å². The van der Waals surface area contributed by atoms with Crippen molar-refractivity contribution in [2.24, 2.45) is 5.92 Å². The van der Waals surface area contributed by atoms with Crippen LogP contribution in [0.4, 0.5) is 0 Å². The van der Waals surface area contributed by atoms with E-state index in [1.807, 2.05) is 23.7 Å². The molecule has 3 aromatic heterocycles. The fourth-order valence-electron chi connectivity index (χ4n) is 2.87. The summed E-state index contributed by atoms with van der Waals surface area (Å²) in [5.41, 5.74) is 5.20. The normalized spacial score (nSPS) is 11.3. The minimum absolute atomic E-state index is 0.0743. The first kappa shape index (κ1) is 16.2. The van der Waals surface area contributed by atoms with Crippen LogP contribution in [0.3, 0.4) is 0 Å². The summed E-state index contributed by atoms with van der Waals surface area (Å²) in [4.78, 5) is 15.4. The van der Waals surface area contributed by atoms with Crippen LogP contribution in [-0.2, 0) is 12.8 Å². The molecule has 3 aromatic rings. The minimum Gasteiger partial charge on any atom is -0.477 e. The van der Waals surface area contributed by atoms with Crippen molar-refractivity contribution in [3.63, 3.8) is 0 Å². The first-order valence-corrected chi connectivity index (χ1v) is 8.10. The number of carbonyl (C=O) groups is 1. The molecule has 0 spiro atoms. The van der Waals surface area contributed by atoms with Crippen molar-refractivity contribution in [2.75, 3.05) is 0 Å². The molecule has 0 atom stereocenters. The van der Waals surface area contributed by atoms with Crippen LogP contribution in [0.1, 0.15) is 46.9 Å². The van der Waals surface area contributed by atoms with Crippen molar-refractivity contribution in [3.8, 4) is 0 Å². The number of pyridine rings is 2. The zero-order chi connectivity index (χ0) is 17.3. The fraction of sp³-hybridized carbons (Fsp3) is 0.316. The largest absolute Gasteiger partial charge is 0.477 e. The molecule has 5 nitrogen and oxygen atoms in total. The summed E-state index contributed by atoms with van der Waals surface area (Å²) in [7, 11) is 0. The lowest BCUT2D eigenvalue weighted by molar-refractivity contribution is 0.0690. The molecule has 0 aliphatic carbocycles. The van der Waals surface area contributed by atoms with Gasteiger partial charge in [-0.2, -0.15) is 5.10 Å². The van der Waals surface area contributed by atoms with E-state index >= 15 is 0 Å². The van der Waals surface area contributed by atoms with Crippen LogP contribution >= 0.6 is 0 Å². The van der Waals surface area contributed by atoms with E-state index in [9.17, 15) is 4.79 Å². The SMILES string of the molecule is Cc1ccc2c(Cc3cccc(C(=O)O)n3)c(CC(C)C)nn2c1. The molecule has 0 radical (unpaired) electrons. The molecule has 0 aliphatic rings. The summed E-state index contributed by atoms with van der Waals surface area (Å²) in [6.07, 6.45) is 3.48.